The minimum atomic E-state index is 0.663. The number of nitrogens with one attached hydrogen (secondary N) is 1. The predicted octanol–water partition coefficient (Wildman–Crippen LogP) is 2.78. The molecule has 2 rings (SSSR count). The number of methoxy groups -OCH3 is 1. The maximum Gasteiger partial charge on any atom is 0.139 e. The van der Waals surface area contributed by atoms with Gasteiger partial charge in [0.25, 0.3) is 0 Å². The number of ether oxygens (including phenoxy) is 1. The van der Waals surface area contributed by atoms with Crippen LogP contribution in [-0.2, 0) is 0 Å². The molecule has 0 atom stereocenters. The number of benzene rings is 1. The van der Waals surface area contributed by atoms with E-state index in [9.17, 15) is 0 Å². The van der Waals surface area contributed by atoms with Gasteiger partial charge in [-0.1, -0.05) is 25.4 Å². The van der Waals surface area contributed by atoms with Crippen LogP contribution in [-0.4, -0.2) is 33.3 Å². The lowest BCUT2D eigenvalue weighted by atomic mass is 10.2. The highest BCUT2D eigenvalue weighted by Crippen LogP contribution is 2.29. The SMILES string of the molecule is CC.COc1cc(N2CCNCC2)ccc1Cl. The van der Waals surface area contributed by atoms with Crippen LogP contribution in [0.1, 0.15) is 13.8 Å². The van der Waals surface area contributed by atoms with Crippen LogP contribution < -0.4 is 15.0 Å². The number of rotatable bonds is 2. The normalized spacial score (nSPS) is 14.9. The average molecular weight is 257 g/mol. The van der Waals surface area contributed by atoms with Crippen LogP contribution in [0.3, 0.4) is 0 Å². The third-order valence-electron chi connectivity index (χ3n) is 2.62. The molecule has 0 unspecified atom stereocenters. The summed E-state index contributed by atoms with van der Waals surface area (Å²) in [6.45, 7) is 8.13. The summed E-state index contributed by atoms with van der Waals surface area (Å²) in [5.41, 5.74) is 1.18. The second-order valence-electron chi connectivity index (χ2n) is 3.56. The molecule has 96 valence electrons. The van der Waals surface area contributed by atoms with Crippen LogP contribution in [0.15, 0.2) is 18.2 Å². The van der Waals surface area contributed by atoms with E-state index in [-0.39, 0.29) is 0 Å². The van der Waals surface area contributed by atoms with Crippen LogP contribution in [0.25, 0.3) is 0 Å². The number of nitrogens with zero attached hydrogens (tertiary/aromatic N) is 1. The van der Waals surface area contributed by atoms with E-state index in [4.69, 9.17) is 16.3 Å². The number of halogens is 1. The molecule has 0 bridgehead atoms. The van der Waals surface area contributed by atoms with Gasteiger partial charge in [0.1, 0.15) is 5.75 Å². The summed E-state index contributed by atoms with van der Waals surface area (Å²) in [6.07, 6.45) is 0. The Morgan fingerprint density at radius 2 is 1.88 bits per heavy atom. The van der Waals surface area contributed by atoms with Crippen LogP contribution >= 0.6 is 11.6 Å². The van der Waals surface area contributed by atoms with Gasteiger partial charge in [-0.2, -0.15) is 0 Å². The maximum absolute atomic E-state index is 5.98. The van der Waals surface area contributed by atoms with Crippen molar-refractivity contribution in [2.45, 2.75) is 13.8 Å². The van der Waals surface area contributed by atoms with E-state index in [2.05, 4.69) is 10.2 Å². The molecule has 0 saturated carbocycles. The molecule has 0 aromatic heterocycles. The third-order valence-corrected chi connectivity index (χ3v) is 2.93. The van der Waals surface area contributed by atoms with Crippen molar-refractivity contribution in [2.24, 2.45) is 0 Å². The van der Waals surface area contributed by atoms with Crippen LogP contribution in [0.5, 0.6) is 5.75 Å². The molecule has 0 spiro atoms. The van der Waals surface area contributed by atoms with Gasteiger partial charge in [0.15, 0.2) is 0 Å². The number of hydrogen-bond donors (Lipinski definition) is 1. The second kappa shape index (κ2) is 7.41. The lowest BCUT2D eigenvalue weighted by Gasteiger charge is -2.29. The highest BCUT2D eigenvalue weighted by Gasteiger charge is 2.11. The Morgan fingerprint density at radius 1 is 1.24 bits per heavy atom. The lowest BCUT2D eigenvalue weighted by molar-refractivity contribution is 0.415. The molecule has 0 aliphatic carbocycles. The molecule has 1 fully saturated rings. The Hall–Kier alpha value is -0.930. The summed E-state index contributed by atoms with van der Waals surface area (Å²) in [6, 6.07) is 5.92. The number of anilines is 1. The molecule has 17 heavy (non-hydrogen) atoms. The maximum atomic E-state index is 5.98. The summed E-state index contributed by atoms with van der Waals surface area (Å²) in [7, 11) is 1.64. The van der Waals surface area contributed by atoms with E-state index in [0.29, 0.717) is 5.02 Å². The summed E-state index contributed by atoms with van der Waals surface area (Å²) in [5.74, 6) is 0.743. The number of hydrogen-bond acceptors (Lipinski definition) is 3. The van der Waals surface area contributed by atoms with Crippen molar-refractivity contribution in [3.63, 3.8) is 0 Å². The van der Waals surface area contributed by atoms with Crippen LogP contribution in [0, 0.1) is 0 Å². The molecule has 1 aromatic carbocycles. The molecule has 3 nitrogen and oxygen atoms in total. The minimum absolute atomic E-state index is 0.663. The Balaban J connectivity index is 0.000000686. The van der Waals surface area contributed by atoms with E-state index >= 15 is 0 Å². The zero-order chi connectivity index (χ0) is 12.7. The molecule has 0 amide bonds. The fourth-order valence-corrected chi connectivity index (χ4v) is 1.96. The molecule has 1 heterocycles. The van der Waals surface area contributed by atoms with Crippen molar-refractivity contribution in [3.8, 4) is 5.75 Å². The van der Waals surface area contributed by atoms with Crippen molar-refractivity contribution in [1.82, 2.24) is 5.32 Å². The van der Waals surface area contributed by atoms with Gasteiger partial charge in [0.2, 0.25) is 0 Å². The second-order valence-corrected chi connectivity index (χ2v) is 3.96. The zero-order valence-electron chi connectivity index (χ0n) is 10.8. The van der Waals surface area contributed by atoms with Crippen molar-refractivity contribution < 1.29 is 4.74 Å². The standard InChI is InChI=1S/C11H15ClN2O.C2H6/c1-15-11-8-9(2-3-10(11)12)14-6-4-13-5-7-14;1-2/h2-3,8,13H,4-7H2,1H3;1-2H3. The molecule has 0 radical (unpaired) electrons. The zero-order valence-corrected chi connectivity index (χ0v) is 11.5. The van der Waals surface area contributed by atoms with Crippen LogP contribution in [0.4, 0.5) is 5.69 Å². The Morgan fingerprint density at radius 3 is 2.47 bits per heavy atom. The quantitative estimate of drug-likeness (QED) is 0.881. The van der Waals surface area contributed by atoms with Gasteiger partial charge in [0.05, 0.1) is 12.1 Å². The first-order valence-electron chi connectivity index (χ1n) is 6.10. The molecule has 4 heteroatoms. The first kappa shape index (κ1) is 14.1. The third kappa shape index (κ3) is 3.79. The summed E-state index contributed by atoms with van der Waals surface area (Å²) < 4.78 is 5.20. The summed E-state index contributed by atoms with van der Waals surface area (Å²) in [5, 5.41) is 3.99. The average Bonchev–Trinajstić information content (AvgIpc) is 2.42. The van der Waals surface area contributed by atoms with Gasteiger partial charge < -0.3 is 15.0 Å². The van der Waals surface area contributed by atoms with Gasteiger partial charge in [-0.25, -0.2) is 0 Å². The topological polar surface area (TPSA) is 24.5 Å². The molecular weight excluding hydrogens is 236 g/mol. The molecule has 1 N–H and O–H groups in total. The first-order valence-corrected chi connectivity index (χ1v) is 6.48. The highest BCUT2D eigenvalue weighted by molar-refractivity contribution is 6.32. The van der Waals surface area contributed by atoms with Gasteiger partial charge in [0, 0.05) is 37.9 Å². The Bertz CT molecular complexity index is 338. The van der Waals surface area contributed by atoms with Crippen molar-refractivity contribution >= 4 is 17.3 Å². The van der Waals surface area contributed by atoms with Crippen molar-refractivity contribution in [3.05, 3.63) is 23.2 Å². The van der Waals surface area contributed by atoms with Gasteiger partial charge in [-0.3, -0.25) is 0 Å². The van der Waals surface area contributed by atoms with E-state index in [1.54, 1.807) is 7.11 Å². The Kier molecular flexibility index (Phi) is 6.16. The fourth-order valence-electron chi connectivity index (χ4n) is 1.77. The predicted molar refractivity (Wildman–Crippen MR) is 74.4 cm³/mol. The van der Waals surface area contributed by atoms with E-state index in [0.717, 1.165) is 31.9 Å². The molecule has 1 saturated heterocycles. The van der Waals surface area contributed by atoms with Gasteiger partial charge in [-0.05, 0) is 12.1 Å². The lowest BCUT2D eigenvalue weighted by Crippen LogP contribution is -2.43. The number of piperazine rings is 1. The van der Waals surface area contributed by atoms with E-state index < -0.39 is 0 Å². The van der Waals surface area contributed by atoms with Gasteiger partial charge in [-0.15, -0.1) is 0 Å². The van der Waals surface area contributed by atoms with E-state index in [1.165, 1.54) is 5.69 Å². The minimum Gasteiger partial charge on any atom is -0.495 e. The fraction of sp³-hybridized carbons (Fsp3) is 0.538. The smallest absolute Gasteiger partial charge is 0.139 e. The van der Waals surface area contributed by atoms with Crippen LogP contribution in [0.2, 0.25) is 5.02 Å². The highest BCUT2D eigenvalue weighted by atomic mass is 35.5. The summed E-state index contributed by atoms with van der Waals surface area (Å²) >= 11 is 5.98. The first-order chi connectivity index (χ1) is 8.31. The molecule has 1 aliphatic rings. The van der Waals surface area contributed by atoms with Gasteiger partial charge >= 0.3 is 0 Å². The molecule has 1 aliphatic heterocycles. The van der Waals surface area contributed by atoms with Crippen molar-refractivity contribution in [1.29, 1.82) is 0 Å². The van der Waals surface area contributed by atoms with E-state index in [1.807, 2.05) is 32.0 Å². The largest absolute Gasteiger partial charge is 0.495 e. The molecule has 1 aromatic rings. The Labute approximate surface area is 109 Å². The summed E-state index contributed by atoms with van der Waals surface area (Å²) in [4.78, 5) is 2.33. The molecular formula is C13H21ClN2O. The van der Waals surface area contributed by atoms with Crippen molar-refractivity contribution in [2.75, 3.05) is 38.2 Å². The monoisotopic (exact) mass is 256 g/mol.